The average molecular weight is 520 g/mol. The highest BCUT2D eigenvalue weighted by atomic mass is 16.5. The highest BCUT2D eigenvalue weighted by molar-refractivity contribution is 5.89. The van der Waals surface area contributed by atoms with E-state index < -0.39 is 12.0 Å². The summed E-state index contributed by atoms with van der Waals surface area (Å²) < 4.78 is 10.5. The lowest BCUT2D eigenvalue weighted by atomic mass is 10.0. The topological polar surface area (TPSA) is 97.0 Å². The summed E-state index contributed by atoms with van der Waals surface area (Å²) in [7, 11) is 3.22. The van der Waals surface area contributed by atoms with Gasteiger partial charge in [-0.1, -0.05) is 64.5 Å². The molecule has 0 bridgehead atoms. The quantitative estimate of drug-likeness (QED) is 0.449. The Morgan fingerprint density at radius 1 is 1.05 bits per heavy atom. The smallest absolute Gasteiger partial charge is 0.328 e. The predicted octanol–water partition coefficient (Wildman–Crippen LogP) is 4.25. The summed E-state index contributed by atoms with van der Waals surface area (Å²) in [5, 5.41) is 5.79. The maximum absolute atomic E-state index is 12.4. The van der Waals surface area contributed by atoms with Crippen LogP contribution < -0.4 is 15.4 Å². The maximum Gasteiger partial charge on any atom is 0.328 e. The summed E-state index contributed by atoms with van der Waals surface area (Å²) in [6.45, 7) is 7.04. The number of benzene rings is 1. The van der Waals surface area contributed by atoms with Crippen LogP contribution in [0.5, 0.6) is 5.75 Å². The van der Waals surface area contributed by atoms with E-state index in [0.29, 0.717) is 31.4 Å². The van der Waals surface area contributed by atoms with Gasteiger partial charge in [0.05, 0.1) is 26.7 Å². The molecule has 0 spiro atoms. The molecule has 2 unspecified atom stereocenters. The lowest BCUT2D eigenvalue weighted by Gasteiger charge is -2.22. The van der Waals surface area contributed by atoms with Crippen molar-refractivity contribution >= 4 is 17.8 Å². The summed E-state index contributed by atoms with van der Waals surface area (Å²) in [6, 6.07) is 7.20. The van der Waals surface area contributed by atoms with Crippen molar-refractivity contribution in [3.63, 3.8) is 0 Å². The number of ether oxygens (including phenoxy) is 2. The van der Waals surface area contributed by atoms with Crippen molar-refractivity contribution in [2.75, 3.05) is 33.9 Å². The third-order valence-electron chi connectivity index (χ3n) is 6.56. The van der Waals surface area contributed by atoms with Crippen LogP contribution in [0.1, 0.15) is 84.1 Å². The second-order valence-electron chi connectivity index (χ2n) is 9.32. The zero-order valence-electron chi connectivity index (χ0n) is 23.6. The molecule has 37 heavy (non-hydrogen) atoms. The molecular weight excluding hydrogens is 470 g/mol. The molecule has 1 aliphatic carbocycles. The largest absolute Gasteiger partial charge is 0.494 e. The Labute approximate surface area is 223 Å². The number of hydrogen-bond acceptors (Lipinski definition) is 6. The predicted molar refractivity (Wildman–Crippen MR) is 148 cm³/mol. The number of amides is 2. The van der Waals surface area contributed by atoms with E-state index in [0.717, 1.165) is 18.4 Å². The van der Waals surface area contributed by atoms with Crippen LogP contribution >= 0.6 is 0 Å². The van der Waals surface area contributed by atoms with Crippen molar-refractivity contribution in [3.8, 4) is 5.75 Å². The van der Waals surface area contributed by atoms with Crippen LogP contribution in [-0.4, -0.2) is 68.6 Å². The molecule has 8 nitrogen and oxygen atoms in total. The summed E-state index contributed by atoms with van der Waals surface area (Å²) in [5.74, 6) is -0.231. The number of nitrogens with zero attached hydrogens (tertiary/aromatic N) is 1. The Hall–Kier alpha value is -2.61. The van der Waals surface area contributed by atoms with Crippen molar-refractivity contribution in [3.05, 3.63) is 29.8 Å². The molecule has 8 heteroatoms. The van der Waals surface area contributed by atoms with Crippen LogP contribution in [-0.2, 0) is 25.5 Å². The Kier molecular flexibility index (Phi) is 17.1. The molecule has 2 atom stereocenters. The number of carbonyl (C=O) groups excluding carboxylic acids is 3. The van der Waals surface area contributed by atoms with Gasteiger partial charge in [0.2, 0.25) is 11.8 Å². The van der Waals surface area contributed by atoms with Crippen molar-refractivity contribution in [2.24, 2.45) is 0 Å². The third kappa shape index (κ3) is 13.0. The van der Waals surface area contributed by atoms with E-state index in [4.69, 9.17) is 9.47 Å². The van der Waals surface area contributed by atoms with Gasteiger partial charge < -0.3 is 25.0 Å². The number of likely N-dealkylation sites (tertiary alicyclic amines) is 1. The first-order valence-electron chi connectivity index (χ1n) is 14.0. The van der Waals surface area contributed by atoms with Crippen molar-refractivity contribution in [2.45, 2.75) is 97.1 Å². The van der Waals surface area contributed by atoms with Gasteiger partial charge in [0.15, 0.2) is 0 Å². The third-order valence-corrected chi connectivity index (χ3v) is 6.56. The van der Waals surface area contributed by atoms with Crippen molar-refractivity contribution < 1.29 is 23.9 Å². The molecule has 1 saturated carbocycles. The SMILES string of the molecule is C1CCCCC1.CC.CNC(C)CCOc1cccc(CC(=O)NCC(=O)N2CCCC2C(=O)OC)c1. The van der Waals surface area contributed by atoms with Crippen LogP contribution in [0.4, 0.5) is 0 Å². The highest BCUT2D eigenvalue weighted by Gasteiger charge is 2.34. The van der Waals surface area contributed by atoms with Gasteiger partial charge >= 0.3 is 5.97 Å². The van der Waals surface area contributed by atoms with Gasteiger partial charge in [-0.15, -0.1) is 0 Å². The maximum atomic E-state index is 12.4. The first-order valence-corrected chi connectivity index (χ1v) is 14.0. The minimum atomic E-state index is -0.552. The molecular formula is C29H49N3O5. The van der Waals surface area contributed by atoms with Crippen molar-refractivity contribution in [1.29, 1.82) is 0 Å². The monoisotopic (exact) mass is 519 g/mol. The lowest BCUT2D eigenvalue weighted by molar-refractivity contribution is -0.150. The van der Waals surface area contributed by atoms with Crippen LogP contribution in [0, 0.1) is 0 Å². The minimum Gasteiger partial charge on any atom is -0.494 e. The first kappa shape index (κ1) is 32.4. The van der Waals surface area contributed by atoms with Gasteiger partial charge in [-0.2, -0.15) is 0 Å². The Morgan fingerprint density at radius 3 is 2.30 bits per heavy atom. The number of carbonyl (C=O) groups is 3. The van der Waals surface area contributed by atoms with Gasteiger partial charge in [-0.05, 0) is 50.9 Å². The van der Waals surface area contributed by atoms with E-state index in [1.165, 1.54) is 50.5 Å². The van der Waals surface area contributed by atoms with Gasteiger partial charge in [-0.25, -0.2) is 4.79 Å². The van der Waals surface area contributed by atoms with E-state index in [1.807, 2.05) is 45.2 Å². The molecule has 3 rings (SSSR count). The molecule has 1 aromatic carbocycles. The fraction of sp³-hybridized carbons (Fsp3) is 0.690. The summed E-state index contributed by atoms with van der Waals surface area (Å²) >= 11 is 0. The second-order valence-corrected chi connectivity index (χ2v) is 9.32. The van der Waals surface area contributed by atoms with Crippen LogP contribution in [0.15, 0.2) is 24.3 Å². The Balaban J connectivity index is 0.000000735. The zero-order valence-corrected chi connectivity index (χ0v) is 23.6. The number of nitrogens with one attached hydrogen (secondary N) is 2. The van der Waals surface area contributed by atoms with Crippen LogP contribution in [0.25, 0.3) is 0 Å². The van der Waals surface area contributed by atoms with Crippen LogP contribution in [0.2, 0.25) is 0 Å². The second kappa shape index (κ2) is 19.5. The molecule has 1 aromatic rings. The highest BCUT2D eigenvalue weighted by Crippen LogP contribution is 2.18. The number of rotatable bonds is 10. The summed E-state index contributed by atoms with van der Waals surface area (Å²) in [5.41, 5.74) is 0.808. The van der Waals surface area contributed by atoms with E-state index >= 15 is 0 Å². The molecule has 210 valence electrons. The molecule has 1 heterocycles. The van der Waals surface area contributed by atoms with Crippen LogP contribution in [0.3, 0.4) is 0 Å². The molecule has 0 aromatic heterocycles. The minimum absolute atomic E-state index is 0.134. The molecule has 1 saturated heterocycles. The summed E-state index contributed by atoms with van der Waals surface area (Å²) in [6.07, 6.45) is 11.4. The number of esters is 1. The lowest BCUT2D eigenvalue weighted by Crippen LogP contribution is -2.46. The fourth-order valence-corrected chi connectivity index (χ4v) is 4.27. The van der Waals surface area contributed by atoms with E-state index in [1.54, 1.807) is 0 Å². The average Bonchev–Trinajstić information content (AvgIpc) is 3.44. The molecule has 1 aliphatic heterocycles. The van der Waals surface area contributed by atoms with Gasteiger partial charge in [-0.3, -0.25) is 9.59 Å². The van der Waals surface area contributed by atoms with E-state index in [9.17, 15) is 14.4 Å². The normalized spacial score (nSPS) is 17.3. The molecule has 2 aliphatic rings. The molecule has 0 radical (unpaired) electrons. The zero-order chi connectivity index (χ0) is 27.5. The molecule has 2 fully saturated rings. The standard InChI is InChI=1S/C21H31N3O5.C6H12.C2H6/c1-15(22-2)9-11-29-17-7-4-6-16(12-17)13-19(25)23-14-20(26)24-10-5-8-18(24)21(27)28-3;1-2-4-6-5-3-1;1-2/h4,6-7,12,15,18,22H,5,8-11,13-14H2,1-3H3,(H,23,25);1-6H2;1-2H3. The van der Waals surface area contributed by atoms with E-state index in [-0.39, 0.29) is 24.8 Å². The number of hydrogen-bond donors (Lipinski definition) is 2. The Morgan fingerprint density at radius 2 is 1.70 bits per heavy atom. The van der Waals surface area contributed by atoms with Crippen molar-refractivity contribution in [1.82, 2.24) is 15.5 Å². The Bertz CT molecular complexity index is 786. The first-order chi connectivity index (χ1) is 17.9. The fourth-order valence-electron chi connectivity index (χ4n) is 4.27. The van der Waals surface area contributed by atoms with E-state index in [2.05, 4.69) is 17.6 Å². The number of methoxy groups -OCH3 is 1. The van der Waals surface area contributed by atoms with Gasteiger partial charge in [0.25, 0.3) is 0 Å². The molecule has 2 amide bonds. The molecule has 2 N–H and O–H groups in total. The van der Waals surface area contributed by atoms with Gasteiger partial charge in [0.1, 0.15) is 11.8 Å². The summed E-state index contributed by atoms with van der Waals surface area (Å²) in [4.78, 5) is 37.8. The van der Waals surface area contributed by atoms with Gasteiger partial charge in [0, 0.05) is 12.6 Å².